The zero-order chi connectivity index (χ0) is 13.0. The summed E-state index contributed by atoms with van der Waals surface area (Å²) in [4.78, 5) is 0. The van der Waals surface area contributed by atoms with Crippen LogP contribution in [0.15, 0.2) is 46.9 Å². The van der Waals surface area contributed by atoms with Crippen LogP contribution in [0, 0.1) is 5.82 Å². The Kier molecular flexibility index (Phi) is 4.33. The first-order valence-corrected chi connectivity index (χ1v) is 6.40. The summed E-state index contributed by atoms with van der Waals surface area (Å²) in [6, 6.07) is 11.7. The molecule has 0 amide bonds. The standard InChI is InChI=1S/C14H13BrFNO/c15-11-2-1-10(7-8-17)14(9-11)18-13-5-3-12(16)4-6-13/h1-6,9H,7-8,17H2. The molecule has 0 spiro atoms. The van der Waals surface area contributed by atoms with E-state index in [0.29, 0.717) is 12.3 Å². The van der Waals surface area contributed by atoms with Crippen LogP contribution in [-0.2, 0) is 6.42 Å². The van der Waals surface area contributed by atoms with Crippen molar-refractivity contribution >= 4 is 15.9 Å². The van der Waals surface area contributed by atoms with Gasteiger partial charge in [0.25, 0.3) is 0 Å². The lowest BCUT2D eigenvalue weighted by Gasteiger charge is -2.11. The Morgan fingerprint density at radius 1 is 1.11 bits per heavy atom. The van der Waals surface area contributed by atoms with Gasteiger partial charge in [0.2, 0.25) is 0 Å². The van der Waals surface area contributed by atoms with Gasteiger partial charge in [-0.25, -0.2) is 4.39 Å². The van der Waals surface area contributed by atoms with E-state index in [0.717, 1.165) is 22.2 Å². The number of ether oxygens (including phenoxy) is 1. The number of benzene rings is 2. The minimum absolute atomic E-state index is 0.279. The molecular weight excluding hydrogens is 297 g/mol. The molecule has 0 atom stereocenters. The Morgan fingerprint density at radius 3 is 2.50 bits per heavy atom. The molecule has 18 heavy (non-hydrogen) atoms. The van der Waals surface area contributed by atoms with Gasteiger partial charge in [-0.2, -0.15) is 0 Å². The smallest absolute Gasteiger partial charge is 0.131 e. The lowest BCUT2D eigenvalue weighted by atomic mass is 10.1. The van der Waals surface area contributed by atoms with Crippen molar-refractivity contribution in [2.45, 2.75) is 6.42 Å². The van der Waals surface area contributed by atoms with Crippen LogP contribution in [0.1, 0.15) is 5.56 Å². The fraction of sp³-hybridized carbons (Fsp3) is 0.143. The Labute approximate surface area is 114 Å². The van der Waals surface area contributed by atoms with Gasteiger partial charge in [-0.15, -0.1) is 0 Å². The van der Waals surface area contributed by atoms with Crippen LogP contribution in [0.4, 0.5) is 4.39 Å². The fourth-order valence-corrected chi connectivity index (χ4v) is 1.96. The molecule has 94 valence electrons. The number of rotatable bonds is 4. The second kappa shape index (κ2) is 5.98. The van der Waals surface area contributed by atoms with Crippen LogP contribution in [0.2, 0.25) is 0 Å². The van der Waals surface area contributed by atoms with Crippen molar-refractivity contribution in [3.05, 3.63) is 58.3 Å². The molecule has 0 aliphatic heterocycles. The summed E-state index contributed by atoms with van der Waals surface area (Å²) in [5.41, 5.74) is 6.60. The zero-order valence-corrected chi connectivity index (χ0v) is 11.3. The predicted molar refractivity (Wildman–Crippen MR) is 73.4 cm³/mol. The highest BCUT2D eigenvalue weighted by molar-refractivity contribution is 9.10. The lowest BCUT2D eigenvalue weighted by Crippen LogP contribution is -2.04. The molecule has 0 aromatic heterocycles. The van der Waals surface area contributed by atoms with Crippen LogP contribution in [0.25, 0.3) is 0 Å². The third-order valence-electron chi connectivity index (χ3n) is 2.48. The van der Waals surface area contributed by atoms with E-state index in [2.05, 4.69) is 15.9 Å². The Balaban J connectivity index is 2.26. The van der Waals surface area contributed by atoms with Gasteiger partial charge in [0.15, 0.2) is 0 Å². The highest BCUT2D eigenvalue weighted by Gasteiger charge is 2.05. The molecule has 0 radical (unpaired) electrons. The van der Waals surface area contributed by atoms with Crippen LogP contribution in [-0.4, -0.2) is 6.54 Å². The van der Waals surface area contributed by atoms with E-state index in [9.17, 15) is 4.39 Å². The van der Waals surface area contributed by atoms with Gasteiger partial charge in [-0.1, -0.05) is 22.0 Å². The summed E-state index contributed by atoms with van der Waals surface area (Å²) in [6.07, 6.45) is 0.740. The Morgan fingerprint density at radius 2 is 1.83 bits per heavy atom. The molecule has 0 unspecified atom stereocenters. The fourth-order valence-electron chi connectivity index (χ4n) is 1.62. The zero-order valence-electron chi connectivity index (χ0n) is 9.70. The van der Waals surface area contributed by atoms with Crippen LogP contribution < -0.4 is 10.5 Å². The highest BCUT2D eigenvalue weighted by Crippen LogP contribution is 2.29. The lowest BCUT2D eigenvalue weighted by molar-refractivity contribution is 0.474. The molecule has 0 aliphatic carbocycles. The number of halogens is 2. The molecule has 2 nitrogen and oxygen atoms in total. The summed E-state index contributed by atoms with van der Waals surface area (Å²) in [7, 11) is 0. The molecule has 0 saturated carbocycles. The van der Waals surface area contributed by atoms with Gasteiger partial charge in [0.1, 0.15) is 17.3 Å². The minimum atomic E-state index is -0.279. The van der Waals surface area contributed by atoms with Gasteiger partial charge < -0.3 is 10.5 Å². The molecule has 0 fully saturated rings. The summed E-state index contributed by atoms with van der Waals surface area (Å²) < 4.78 is 19.5. The molecule has 0 heterocycles. The van der Waals surface area contributed by atoms with Gasteiger partial charge >= 0.3 is 0 Å². The van der Waals surface area contributed by atoms with E-state index in [1.807, 2.05) is 18.2 Å². The molecule has 0 bridgehead atoms. The van der Waals surface area contributed by atoms with Crippen molar-refractivity contribution in [3.8, 4) is 11.5 Å². The Hall–Kier alpha value is -1.39. The van der Waals surface area contributed by atoms with Crippen LogP contribution in [0.3, 0.4) is 0 Å². The molecule has 2 rings (SSSR count). The van der Waals surface area contributed by atoms with E-state index < -0.39 is 0 Å². The van der Waals surface area contributed by atoms with Gasteiger partial charge in [-0.05, 0) is 54.9 Å². The number of hydrogen-bond acceptors (Lipinski definition) is 2. The third-order valence-corrected chi connectivity index (χ3v) is 2.98. The molecule has 2 aromatic rings. The Bertz CT molecular complexity index is 528. The van der Waals surface area contributed by atoms with E-state index in [1.165, 1.54) is 12.1 Å². The number of hydrogen-bond donors (Lipinski definition) is 1. The van der Waals surface area contributed by atoms with Gasteiger partial charge in [0.05, 0.1) is 0 Å². The predicted octanol–water partition coefficient (Wildman–Crippen LogP) is 3.88. The largest absolute Gasteiger partial charge is 0.457 e. The summed E-state index contributed by atoms with van der Waals surface area (Å²) in [5, 5.41) is 0. The molecule has 0 saturated heterocycles. The van der Waals surface area contributed by atoms with Gasteiger partial charge in [-0.3, -0.25) is 0 Å². The summed E-state index contributed by atoms with van der Waals surface area (Å²) in [6.45, 7) is 0.557. The maximum atomic E-state index is 12.8. The SMILES string of the molecule is NCCc1ccc(Br)cc1Oc1ccc(F)cc1. The molecule has 0 aliphatic rings. The maximum absolute atomic E-state index is 12.8. The average Bonchev–Trinajstić information content (AvgIpc) is 2.36. The second-order valence-corrected chi connectivity index (χ2v) is 4.76. The molecular formula is C14H13BrFNO. The maximum Gasteiger partial charge on any atom is 0.131 e. The molecule has 2 aromatic carbocycles. The second-order valence-electron chi connectivity index (χ2n) is 3.85. The summed E-state index contributed by atoms with van der Waals surface area (Å²) >= 11 is 3.40. The van der Waals surface area contributed by atoms with Crippen molar-refractivity contribution in [2.24, 2.45) is 5.73 Å². The van der Waals surface area contributed by atoms with Crippen LogP contribution in [0.5, 0.6) is 11.5 Å². The van der Waals surface area contributed by atoms with Crippen molar-refractivity contribution in [3.63, 3.8) is 0 Å². The molecule has 2 N–H and O–H groups in total. The van der Waals surface area contributed by atoms with Crippen LogP contribution >= 0.6 is 15.9 Å². The van der Waals surface area contributed by atoms with Crippen molar-refractivity contribution < 1.29 is 9.13 Å². The summed E-state index contributed by atoms with van der Waals surface area (Å²) in [5.74, 6) is 1.06. The van der Waals surface area contributed by atoms with Crippen molar-refractivity contribution in [2.75, 3.05) is 6.54 Å². The van der Waals surface area contributed by atoms with Crippen molar-refractivity contribution in [1.82, 2.24) is 0 Å². The highest BCUT2D eigenvalue weighted by atomic mass is 79.9. The number of nitrogens with two attached hydrogens (primary N) is 1. The third kappa shape index (κ3) is 3.31. The minimum Gasteiger partial charge on any atom is -0.457 e. The topological polar surface area (TPSA) is 35.2 Å². The monoisotopic (exact) mass is 309 g/mol. The quantitative estimate of drug-likeness (QED) is 0.930. The van der Waals surface area contributed by atoms with E-state index in [1.54, 1.807) is 12.1 Å². The van der Waals surface area contributed by atoms with Crippen molar-refractivity contribution in [1.29, 1.82) is 0 Å². The first-order chi connectivity index (χ1) is 8.69. The first-order valence-electron chi connectivity index (χ1n) is 5.61. The first kappa shape index (κ1) is 13.1. The average molecular weight is 310 g/mol. The van der Waals surface area contributed by atoms with Gasteiger partial charge in [0, 0.05) is 4.47 Å². The molecule has 4 heteroatoms. The van der Waals surface area contributed by atoms with E-state index >= 15 is 0 Å². The normalized spacial score (nSPS) is 10.4. The van der Waals surface area contributed by atoms with E-state index in [4.69, 9.17) is 10.5 Å². The van der Waals surface area contributed by atoms with E-state index in [-0.39, 0.29) is 5.82 Å².